The number of aromatic hydroxyl groups is 1. The van der Waals surface area contributed by atoms with Crippen molar-refractivity contribution in [2.75, 3.05) is 13.2 Å². The minimum Gasteiger partial charge on any atom is -0.494 e. The number of aromatic nitrogens is 2. The molecular weight excluding hydrogens is 631 g/mol. The summed E-state index contributed by atoms with van der Waals surface area (Å²) in [7, 11) is 0. The van der Waals surface area contributed by atoms with Crippen molar-refractivity contribution in [3.63, 3.8) is 0 Å². The first-order valence-electron chi connectivity index (χ1n) is 16.0. The number of ether oxygens (including phenoxy) is 1. The first-order chi connectivity index (χ1) is 24.1. The minimum absolute atomic E-state index is 0.0523. The minimum atomic E-state index is -1.09. The maximum atomic E-state index is 14.0. The molecule has 7 aromatic rings. The quantitative estimate of drug-likeness (QED) is 0.0620. The van der Waals surface area contributed by atoms with Crippen LogP contribution in [0.5, 0.6) is 11.6 Å². The molecule has 5 aromatic carbocycles. The smallest absolute Gasteiger partial charge is 0.311 e. The molecule has 0 aliphatic rings. The highest BCUT2D eigenvalue weighted by Crippen LogP contribution is 2.43. The van der Waals surface area contributed by atoms with Gasteiger partial charge in [-0.25, -0.2) is 4.98 Å². The van der Waals surface area contributed by atoms with Gasteiger partial charge < -0.3 is 14.7 Å². The Morgan fingerprint density at radius 2 is 1.31 bits per heavy atom. The summed E-state index contributed by atoms with van der Waals surface area (Å²) in [5.41, 5.74) is 4.08. The van der Waals surface area contributed by atoms with Crippen molar-refractivity contribution in [3.8, 4) is 11.6 Å². The Labute approximate surface area is 288 Å². The second-order valence-corrected chi connectivity index (χ2v) is 12.5. The molecule has 0 unspecified atom stereocenters. The van der Waals surface area contributed by atoms with Gasteiger partial charge in [0.25, 0.3) is 0 Å². The van der Waals surface area contributed by atoms with Gasteiger partial charge in [-0.05, 0) is 46.5 Å². The molecule has 49 heavy (non-hydrogen) atoms. The third-order valence-corrected chi connectivity index (χ3v) is 9.31. The van der Waals surface area contributed by atoms with Crippen molar-refractivity contribution in [1.82, 2.24) is 9.55 Å². The Morgan fingerprint density at radius 3 is 1.94 bits per heavy atom. The van der Waals surface area contributed by atoms with Gasteiger partial charge in [-0.1, -0.05) is 144 Å². The SMILES string of the molecule is O=c1sc(Cc2ccc(OCCON=Cc3ccc4ccccc4n3)cc2)c(O)n1C(c1ccccc1)(c1ccccc1)c1ccccc1. The van der Waals surface area contributed by atoms with Crippen LogP contribution in [0, 0.1) is 0 Å². The molecule has 242 valence electrons. The summed E-state index contributed by atoms with van der Waals surface area (Å²) in [6, 6.07) is 49.0. The van der Waals surface area contributed by atoms with Crippen LogP contribution in [-0.2, 0) is 16.8 Å². The molecule has 0 saturated heterocycles. The number of rotatable bonds is 12. The summed E-state index contributed by atoms with van der Waals surface area (Å²) in [5.74, 6) is 0.627. The zero-order valence-electron chi connectivity index (χ0n) is 26.6. The molecule has 0 aliphatic heterocycles. The number of hydrogen-bond acceptors (Lipinski definition) is 7. The van der Waals surface area contributed by atoms with E-state index in [9.17, 15) is 9.90 Å². The predicted molar refractivity (Wildman–Crippen MR) is 195 cm³/mol. The van der Waals surface area contributed by atoms with Crippen molar-refractivity contribution < 1.29 is 14.7 Å². The summed E-state index contributed by atoms with van der Waals surface area (Å²) in [5, 5.41) is 17.0. The molecule has 8 heteroatoms. The number of hydrogen-bond donors (Lipinski definition) is 1. The number of benzene rings is 5. The van der Waals surface area contributed by atoms with Crippen LogP contribution in [0.1, 0.15) is 32.8 Å². The van der Waals surface area contributed by atoms with E-state index < -0.39 is 5.54 Å². The van der Waals surface area contributed by atoms with Gasteiger partial charge in [0.2, 0.25) is 5.88 Å². The Balaban J connectivity index is 1.07. The van der Waals surface area contributed by atoms with Gasteiger partial charge in [0.05, 0.1) is 22.3 Å². The molecule has 0 fully saturated rings. The van der Waals surface area contributed by atoms with Crippen LogP contribution in [0.4, 0.5) is 0 Å². The average Bonchev–Trinajstić information content (AvgIpc) is 3.43. The van der Waals surface area contributed by atoms with Gasteiger partial charge in [-0.3, -0.25) is 9.36 Å². The summed E-state index contributed by atoms with van der Waals surface area (Å²) >= 11 is 1.06. The monoisotopic (exact) mass is 663 g/mol. The summed E-state index contributed by atoms with van der Waals surface area (Å²) in [6.07, 6.45) is 1.97. The van der Waals surface area contributed by atoms with Crippen molar-refractivity contribution >= 4 is 28.5 Å². The lowest BCUT2D eigenvalue weighted by Crippen LogP contribution is -2.42. The Kier molecular flexibility index (Phi) is 9.30. The third-order valence-electron chi connectivity index (χ3n) is 8.38. The highest BCUT2D eigenvalue weighted by atomic mass is 32.1. The van der Waals surface area contributed by atoms with E-state index in [-0.39, 0.29) is 17.4 Å². The second kappa shape index (κ2) is 14.4. The van der Waals surface area contributed by atoms with Crippen LogP contribution in [0.2, 0.25) is 0 Å². The van der Waals surface area contributed by atoms with Crippen molar-refractivity contribution in [3.05, 3.63) is 194 Å². The van der Waals surface area contributed by atoms with E-state index in [1.807, 2.05) is 152 Å². The number of fused-ring (bicyclic) bond motifs is 1. The predicted octanol–water partition coefficient (Wildman–Crippen LogP) is 8.02. The molecule has 1 N–H and O–H groups in total. The van der Waals surface area contributed by atoms with E-state index in [1.54, 1.807) is 10.8 Å². The van der Waals surface area contributed by atoms with Gasteiger partial charge in [-0.15, -0.1) is 0 Å². The van der Waals surface area contributed by atoms with E-state index in [0.29, 0.717) is 29.3 Å². The molecule has 0 saturated carbocycles. The van der Waals surface area contributed by atoms with Crippen molar-refractivity contribution in [1.29, 1.82) is 0 Å². The molecule has 2 heterocycles. The standard InChI is InChI=1S/C41H33N3O4S/c45-39-38(28-30-20-24-36(25-21-30)47-26-27-48-42-29-35-23-22-31-12-10-11-19-37(31)43-35)49-40(46)44(39)41(32-13-4-1-5-14-32,33-15-6-2-7-16-33)34-17-8-3-9-18-34/h1-25,29,45H,26-28H2. The Bertz CT molecular complexity index is 2140. The third kappa shape index (κ3) is 6.59. The molecular formula is C41H33N3O4S. The number of pyridine rings is 1. The maximum absolute atomic E-state index is 14.0. The fourth-order valence-corrected chi connectivity index (χ4v) is 7.07. The normalized spacial score (nSPS) is 11.6. The molecule has 2 aromatic heterocycles. The second-order valence-electron chi connectivity index (χ2n) is 11.4. The highest BCUT2D eigenvalue weighted by molar-refractivity contribution is 7.09. The molecule has 0 atom stereocenters. The maximum Gasteiger partial charge on any atom is 0.311 e. The average molecular weight is 664 g/mol. The molecule has 0 aliphatic carbocycles. The van der Waals surface area contributed by atoms with E-state index in [1.165, 1.54) is 0 Å². The largest absolute Gasteiger partial charge is 0.494 e. The van der Waals surface area contributed by atoms with Crippen LogP contribution in [0.3, 0.4) is 0 Å². The lowest BCUT2D eigenvalue weighted by Gasteiger charge is -2.37. The Hall–Kier alpha value is -5.99. The molecule has 7 nitrogen and oxygen atoms in total. The summed E-state index contributed by atoms with van der Waals surface area (Å²) in [6.45, 7) is 0.584. The number of oxime groups is 1. The summed E-state index contributed by atoms with van der Waals surface area (Å²) in [4.78, 5) is 24.2. The first kappa shape index (κ1) is 31.6. The van der Waals surface area contributed by atoms with Gasteiger partial charge in [0.15, 0.2) is 6.61 Å². The van der Waals surface area contributed by atoms with Gasteiger partial charge in [0.1, 0.15) is 17.9 Å². The summed E-state index contributed by atoms with van der Waals surface area (Å²) < 4.78 is 7.39. The van der Waals surface area contributed by atoms with Gasteiger partial charge in [0, 0.05) is 11.8 Å². The fourth-order valence-electron chi connectivity index (χ4n) is 6.13. The van der Waals surface area contributed by atoms with Crippen LogP contribution < -0.4 is 9.61 Å². The number of nitrogens with zero attached hydrogens (tertiary/aromatic N) is 3. The van der Waals surface area contributed by atoms with Crippen LogP contribution >= 0.6 is 11.3 Å². The molecule has 0 radical (unpaired) electrons. The first-order valence-corrected chi connectivity index (χ1v) is 16.8. The van der Waals surface area contributed by atoms with Crippen LogP contribution in [-0.4, -0.2) is 34.1 Å². The molecule has 0 spiro atoms. The van der Waals surface area contributed by atoms with Crippen LogP contribution in [0.15, 0.2) is 162 Å². The Morgan fingerprint density at radius 1 is 0.714 bits per heavy atom. The lowest BCUT2D eigenvalue weighted by molar-refractivity contribution is 0.108. The van der Waals surface area contributed by atoms with Crippen molar-refractivity contribution in [2.45, 2.75) is 12.0 Å². The number of thiazole rings is 1. The van der Waals surface area contributed by atoms with E-state index >= 15 is 0 Å². The molecule has 0 bridgehead atoms. The van der Waals surface area contributed by atoms with Gasteiger partial charge in [-0.2, -0.15) is 0 Å². The van der Waals surface area contributed by atoms with Gasteiger partial charge >= 0.3 is 4.87 Å². The molecule has 7 rings (SSSR count). The fraction of sp³-hybridized carbons (Fsp3) is 0.0976. The van der Waals surface area contributed by atoms with Crippen LogP contribution in [0.25, 0.3) is 10.9 Å². The number of para-hydroxylation sites is 1. The molecule has 0 amide bonds. The van der Waals surface area contributed by atoms with Crippen molar-refractivity contribution in [2.24, 2.45) is 5.16 Å². The highest BCUT2D eigenvalue weighted by Gasteiger charge is 2.42. The topological polar surface area (TPSA) is 85.9 Å². The zero-order chi connectivity index (χ0) is 33.5. The zero-order valence-corrected chi connectivity index (χ0v) is 27.4. The van der Waals surface area contributed by atoms with E-state index in [0.717, 1.165) is 44.5 Å². The van der Waals surface area contributed by atoms with E-state index in [4.69, 9.17) is 9.57 Å². The van der Waals surface area contributed by atoms with E-state index in [2.05, 4.69) is 10.1 Å². The lowest BCUT2D eigenvalue weighted by atomic mass is 9.76.